The first-order valence-electron chi connectivity index (χ1n) is 18.8. The second-order valence-corrected chi connectivity index (χ2v) is 15.8. The highest BCUT2D eigenvalue weighted by Crippen LogP contribution is 2.43. The van der Waals surface area contributed by atoms with Gasteiger partial charge in [0, 0.05) is 32.9 Å². The number of nitrogens with zero attached hydrogens (tertiary/aromatic N) is 2. The number of fused-ring (bicyclic) bond motifs is 7. The molecule has 2 aromatic heterocycles. The Balaban J connectivity index is 1.08. The highest BCUT2D eigenvalue weighted by atomic mass is 15.3. The van der Waals surface area contributed by atoms with Gasteiger partial charge in [0.2, 0.25) is 0 Å². The maximum Gasteiger partial charge on any atom is 0.160 e. The molecular weight excluding hydrogens is 633 g/mol. The summed E-state index contributed by atoms with van der Waals surface area (Å²) in [4.78, 5) is 0. The van der Waals surface area contributed by atoms with Crippen LogP contribution in [0.15, 0.2) is 151 Å². The third kappa shape index (κ3) is 5.00. The Hall–Kier alpha value is -5.58. The molecule has 3 unspecified atom stereocenters. The van der Waals surface area contributed by atoms with Crippen molar-refractivity contribution in [3.8, 4) is 11.1 Å². The Morgan fingerprint density at radius 1 is 0.692 bits per heavy atom. The van der Waals surface area contributed by atoms with E-state index in [0.29, 0.717) is 5.92 Å². The Morgan fingerprint density at radius 3 is 2.08 bits per heavy atom. The molecule has 3 heterocycles. The predicted octanol–water partition coefficient (Wildman–Crippen LogP) is 12.5. The molecule has 10 rings (SSSR count). The SMILES string of the molecule is CC(C)(C)C1C=CC(n2c3ccccc3c3cc(-c4ccc5c(c4)c4ccccc4n5C4Nc5ccccc5C(C5=CC=CCC5)N4)ccc32)=CC1. The Bertz CT molecular complexity index is 2670. The number of aromatic nitrogens is 2. The smallest absolute Gasteiger partial charge is 0.160 e. The maximum absolute atomic E-state index is 4.03. The Labute approximate surface area is 305 Å². The lowest BCUT2D eigenvalue weighted by Gasteiger charge is -2.37. The molecule has 0 saturated heterocycles. The van der Waals surface area contributed by atoms with E-state index in [1.807, 2.05) is 0 Å². The van der Waals surface area contributed by atoms with E-state index in [1.165, 1.54) is 77.3 Å². The monoisotopic (exact) mass is 676 g/mol. The lowest BCUT2D eigenvalue weighted by molar-refractivity contribution is 0.294. The second-order valence-electron chi connectivity index (χ2n) is 15.8. The molecule has 1 aliphatic heterocycles. The summed E-state index contributed by atoms with van der Waals surface area (Å²) in [6.07, 6.45) is 17.1. The molecule has 3 aliphatic rings. The van der Waals surface area contributed by atoms with Crippen molar-refractivity contribution in [2.75, 3.05) is 5.32 Å². The normalized spacial score (nSPS) is 20.3. The molecule has 0 fully saturated rings. The molecule has 52 heavy (non-hydrogen) atoms. The van der Waals surface area contributed by atoms with Crippen LogP contribution in [0.2, 0.25) is 0 Å². The van der Waals surface area contributed by atoms with E-state index in [9.17, 15) is 0 Å². The number of benzene rings is 5. The summed E-state index contributed by atoms with van der Waals surface area (Å²) >= 11 is 0. The van der Waals surface area contributed by atoms with Crippen LogP contribution in [0.3, 0.4) is 0 Å². The average Bonchev–Trinajstić information content (AvgIpc) is 3.70. The Kier molecular flexibility index (Phi) is 7.20. The molecule has 4 heteroatoms. The third-order valence-electron chi connectivity index (χ3n) is 11.7. The second kappa shape index (κ2) is 12.0. The molecule has 0 spiro atoms. The molecule has 0 saturated carbocycles. The number of hydrogen-bond acceptors (Lipinski definition) is 2. The maximum atomic E-state index is 4.03. The fraction of sp³-hybridized carbons (Fsp3) is 0.208. The zero-order valence-corrected chi connectivity index (χ0v) is 30.1. The molecule has 4 nitrogen and oxygen atoms in total. The summed E-state index contributed by atoms with van der Waals surface area (Å²) in [5.41, 5.74) is 12.9. The largest absolute Gasteiger partial charge is 0.352 e. The fourth-order valence-electron chi connectivity index (χ4n) is 8.93. The van der Waals surface area contributed by atoms with Crippen LogP contribution in [-0.4, -0.2) is 9.13 Å². The van der Waals surface area contributed by atoms with Gasteiger partial charge >= 0.3 is 0 Å². The van der Waals surface area contributed by atoms with Crippen molar-refractivity contribution < 1.29 is 0 Å². The van der Waals surface area contributed by atoms with Gasteiger partial charge in [-0.2, -0.15) is 0 Å². The van der Waals surface area contributed by atoms with Gasteiger partial charge < -0.3 is 14.5 Å². The van der Waals surface area contributed by atoms with Gasteiger partial charge in [-0.05, 0) is 101 Å². The molecule has 256 valence electrons. The highest BCUT2D eigenvalue weighted by Gasteiger charge is 2.31. The minimum atomic E-state index is -0.107. The summed E-state index contributed by atoms with van der Waals surface area (Å²) in [6, 6.07) is 40.7. The highest BCUT2D eigenvalue weighted by molar-refractivity contribution is 6.13. The van der Waals surface area contributed by atoms with Crippen molar-refractivity contribution >= 4 is 55.0 Å². The number of rotatable bonds is 4. The summed E-state index contributed by atoms with van der Waals surface area (Å²) in [5, 5.41) is 13.0. The summed E-state index contributed by atoms with van der Waals surface area (Å²) in [7, 11) is 0. The molecule has 2 aliphatic carbocycles. The van der Waals surface area contributed by atoms with Gasteiger partial charge in [0.15, 0.2) is 6.29 Å². The number of para-hydroxylation sites is 3. The van der Waals surface area contributed by atoms with Crippen molar-refractivity contribution in [2.45, 2.75) is 52.4 Å². The van der Waals surface area contributed by atoms with Crippen molar-refractivity contribution in [2.24, 2.45) is 11.3 Å². The molecular formula is C48H44N4. The minimum absolute atomic E-state index is 0.107. The van der Waals surface area contributed by atoms with Crippen molar-refractivity contribution in [1.29, 1.82) is 0 Å². The van der Waals surface area contributed by atoms with Crippen molar-refractivity contribution in [1.82, 2.24) is 14.5 Å². The van der Waals surface area contributed by atoms with E-state index >= 15 is 0 Å². The first-order chi connectivity index (χ1) is 25.4. The summed E-state index contributed by atoms with van der Waals surface area (Å²) in [5.74, 6) is 0.547. The molecule has 0 amide bonds. The number of anilines is 1. The number of nitrogens with one attached hydrogen (secondary N) is 2. The summed E-state index contributed by atoms with van der Waals surface area (Å²) < 4.78 is 4.92. The van der Waals surface area contributed by atoms with Gasteiger partial charge in [-0.25, -0.2) is 0 Å². The van der Waals surface area contributed by atoms with Crippen LogP contribution in [0.25, 0.3) is 60.4 Å². The number of hydrogen-bond donors (Lipinski definition) is 2. The zero-order valence-electron chi connectivity index (χ0n) is 30.1. The first-order valence-corrected chi connectivity index (χ1v) is 18.8. The lowest BCUT2D eigenvalue weighted by atomic mass is 9.77. The van der Waals surface area contributed by atoms with Gasteiger partial charge in [-0.1, -0.05) is 118 Å². The quantitative estimate of drug-likeness (QED) is 0.195. The van der Waals surface area contributed by atoms with E-state index < -0.39 is 0 Å². The van der Waals surface area contributed by atoms with E-state index in [2.05, 4.69) is 186 Å². The van der Waals surface area contributed by atoms with Crippen LogP contribution < -0.4 is 10.6 Å². The van der Waals surface area contributed by atoms with Crippen molar-refractivity contribution in [3.05, 3.63) is 157 Å². The molecule has 7 aromatic rings. The van der Waals surface area contributed by atoms with Crippen LogP contribution in [0.4, 0.5) is 5.69 Å². The van der Waals surface area contributed by atoms with Gasteiger partial charge in [-0.3, -0.25) is 5.32 Å². The van der Waals surface area contributed by atoms with E-state index in [-0.39, 0.29) is 17.7 Å². The van der Waals surface area contributed by atoms with Crippen LogP contribution in [0, 0.1) is 11.3 Å². The Morgan fingerprint density at radius 2 is 1.35 bits per heavy atom. The molecule has 5 aromatic carbocycles. The minimum Gasteiger partial charge on any atom is -0.352 e. The summed E-state index contributed by atoms with van der Waals surface area (Å²) in [6.45, 7) is 7.01. The lowest BCUT2D eigenvalue weighted by Crippen LogP contribution is -2.41. The van der Waals surface area contributed by atoms with Crippen LogP contribution >= 0.6 is 0 Å². The number of allylic oxidation sites excluding steroid dienone is 7. The molecule has 2 N–H and O–H groups in total. The van der Waals surface area contributed by atoms with E-state index in [0.717, 1.165) is 19.3 Å². The topological polar surface area (TPSA) is 33.9 Å². The van der Waals surface area contributed by atoms with Crippen LogP contribution in [-0.2, 0) is 0 Å². The zero-order chi connectivity index (χ0) is 35.0. The molecule has 0 bridgehead atoms. The van der Waals surface area contributed by atoms with Crippen LogP contribution in [0.5, 0.6) is 0 Å². The average molecular weight is 677 g/mol. The third-order valence-corrected chi connectivity index (χ3v) is 11.7. The van der Waals surface area contributed by atoms with Crippen molar-refractivity contribution in [3.63, 3.8) is 0 Å². The van der Waals surface area contributed by atoms with Crippen LogP contribution in [0.1, 0.15) is 57.9 Å². The first kappa shape index (κ1) is 31.2. The van der Waals surface area contributed by atoms with Gasteiger partial charge in [0.1, 0.15) is 0 Å². The molecule has 3 atom stereocenters. The predicted molar refractivity (Wildman–Crippen MR) is 220 cm³/mol. The fourth-order valence-corrected chi connectivity index (χ4v) is 8.93. The molecule has 0 radical (unpaired) electrons. The van der Waals surface area contributed by atoms with Gasteiger partial charge in [0.25, 0.3) is 0 Å². The van der Waals surface area contributed by atoms with Gasteiger partial charge in [0.05, 0.1) is 28.1 Å². The standard InChI is InChI=1S/C48H44N4/c1-48(2,3)34-23-25-35(26-24-34)51-42-19-11-8-15-36(42)39-29-32(21-27-44(39)51)33-22-28-45-40(30-33)37-16-9-12-20-43(37)52(45)47-49-41-18-10-7-17-38(41)46(50-47)31-13-5-4-6-14-31/h4-5,7-13,15-23,25-30,34,46-47,49-50H,6,14,24H2,1-3H3. The van der Waals surface area contributed by atoms with E-state index in [1.54, 1.807) is 0 Å². The van der Waals surface area contributed by atoms with Gasteiger partial charge in [-0.15, -0.1) is 0 Å². The van der Waals surface area contributed by atoms with E-state index in [4.69, 9.17) is 0 Å².